The molecule has 0 amide bonds. The number of hydrogen-bond acceptors (Lipinski definition) is 3. The molecular weight excluding hydrogens is 250 g/mol. The fraction of sp³-hybridized carbons (Fsp3) is 0.200. The van der Waals surface area contributed by atoms with E-state index in [1.54, 1.807) is 9.36 Å². The molecule has 0 aliphatic carbocycles. The average molecular weight is 267 g/mol. The molecule has 0 bridgehead atoms. The van der Waals surface area contributed by atoms with E-state index in [2.05, 4.69) is 22.3 Å². The Morgan fingerprint density at radius 2 is 1.90 bits per heavy atom. The Kier molecular flexibility index (Phi) is 3.02. The van der Waals surface area contributed by atoms with Crippen molar-refractivity contribution in [3.63, 3.8) is 0 Å². The third-order valence-electron chi connectivity index (χ3n) is 3.37. The Labute approximate surface area is 117 Å². The lowest BCUT2D eigenvalue weighted by Gasteiger charge is -2.02. The molecule has 3 rings (SSSR count). The number of aryl methyl sites for hydroxylation is 2. The van der Waals surface area contributed by atoms with Gasteiger partial charge in [0.2, 0.25) is 0 Å². The summed E-state index contributed by atoms with van der Waals surface area (Å²) in [6.07, 6.45) is 4.63. The Morgan fingerprint density at radius 1 is 1.15 bits per heavy atom. The normalized spacial score (nSPS) is 10.9. The van der Waals surface area contributed by atoms with Crippen LogP contribution >= 0.6 is 0 Å². The predicted octanol–water partition coefficient (Wildman–Crippen LogP) is 2.42. The van der Waals surface area contributed by atoms with Crippen molar-refractivity contribution in [3.8, 4) is 16.9 Å². The summed E-state index contributed by atoms with van der Waals surface area (Å²) in [5, 5.41) is 8.83. The molecule has 2 aromatic heterocycles. The molecule has 1 aromatic carbocycles. The first-order valence-corrected chi connectivity index (χ1v) is 6.62. The quantitative estimate of drug-likeness (QED) is 0.792. The van der Waals surface area contributed by atoms with Crippen molar-refractivity contribution in [1.82, 2.24) is 19.6 Å². The van der Waals surface area contributed by atoms with Crippen LogP contribution in [-0.4, -0.2) is 19.6 Å². The molecule has 20 heavy (non-hydrogen) atoms. The summed E-state index contributed by atoms with van der Waals surface area (Å²) >= 11 is 0. The second-order valence-corrected chi connectivity index (χ2v) is 4.70. The maximum Gasteiger partial charge on any atom is 0.175 e. The van der Waals surface area contributed by atoms with E-state index in [1.807, 2.05) is 44.6 Å². The maximum atomic E-state index is 6.15. The molecule has 0 aliphatic heterocycles. The van der Waals surface area contributed by atoms with Gasteiger partial charge >= 0.3 is 0 Å². The number of anilines is 1. The molecule has 5 heteroatoms. The highest BCUT2D eigenvalue weighted by Crippen LogP contribution is 2.24. The van der Waals surface area contributed by atoms with Gasteiger partial charge in [-0.2, -0.15) is 10.2 Å². The zero-order chi connectivity index (χ0) is 14.1. The number of aromatic nitrogens is 4. The van der Waals surface area contributed by atoms with E-state index in [0.29, 0.717) is 5.69 Å². The van der Waals surface area contributed by atoms with Crippen LogP contribution in [0.3, 0.4) is 0 Å². The first-order chi connectivity index (χ1) is 9.70. The van der Waals surface area contributed by atoms with Gasteiger partial charge in [0.05, 0.1) is 11.9 Å². The van der Waals surface area contributed by atoms with Gasteiger partial charge in [0.15, 0.2) is 5.82 Å². The number of nitrogen functional groups attached to an aromatic ring is 1. The van der Waals surface area contributed by atoms with Gasteiger partial charge in [0.1, 0.15) is 5.69 Å². The number of benzene rings is 1. The molecule has 0 saturated carbocycles. The second kappa shape index (κ2) is 4.85. The lowest BCUT2D eigenvalue weighted by Crippen LogP contribution is -2.05. The summed E-state index contributed by atoms with van der Waals surface area (Å²) in [6.45, 7) is 2.04. The highest BCUT2D eigenvalue weighted by atomic mass is 15.4. The van der Waals surface area contributed by atoms with Gasteiger partial charge < -0.3 is 5.73 Å². The van der Waals surface area contributed by atoms with Gasteiger partial charge in [-0.3, -0.25) is 0 Å². The van der Waals surface area contributed by atoms with E-state index >= 15 is 0 Å². The van der Waals surface area contributed by atoms with Gasteiger partial charge in [0, 0.05) is 18.8 Å². The Balaban J connectivity index is 2.05. The Morgan fingerprint density at radius 3 is 2.55 bits per heavy atom. The fourth-order valence-electron chi connectivity index (χ4n) is 2.34. The van der Waals surface area contributed by atoms with Crippen LogP contribution in [0, 0.1) is 0 Å². The van der Waals surface area contributed by atoms with E-state index in [0.717, 1.165) is 29.1 Å². The van der Waals surface area contributed by atoms with Gasteiger partial charge in [0.25, 0.3) is 0 Å². The van der Waals surface area contributed by atoms with Gasteiger partial charge in [-0.05, 0) is 12.0 Å². The van der Waals surface area contributed by atoms with Crippen molar-refractivity contribution in [2.45, 2.75) is 13.3 Å². The van der Waals surface area contributed by atoms with Crippen LogP contribution < -0.4 is 5.73 Å². The molecule has 0 unspecified atom stereocenters. The topological polar surface area (TPSA) is 61.7 Å². The van der Waals surface area contributed by atoms with Crippen molar-refractivity contribution in [3.05, 3.63) is 48.4 Å². The lowest BCUT2D eigenvalue weighted by molar-refractivity contribution is 0.690. The summed E-state index contributed by atoms with van der Waals surface area (Å²) in [4.78, 5) is 0. The number of nitrogens with two attached hydrogens (primary N) is 1. The van der Waals surface area contributed by atoms with Crippen LogP contribution in [0.5, 0.6) is 0 Å². The first kappa shape index (κ1) is 12.5. The molecule has 0 radical (unpaired) electrons. The molecule has 3 aromatic rings. The molecule has 0 fully saturated rings. The van der Waals surface area contributed by atoms with Crippen molar-refractivity contribution in [2.75, 3.05) is 5.73 Å². The maximum absolute atomic E-state index is 6.15. The average Bonchev–Trinajstić information content (AvgIpc) is 3.04. The van der Waals surface area contributed by atoms with Crippen LogP contribution in [0.4, 0.5) is 5.69 Å². The van der Waals surface area contributed by atoms with Crippen LogP contribution in [0.15, 0.2) is 42.7 Å². The number of nitrogens with zero attached hydrogens (tertiary/aromatic N) is 4. The van der Waals surface area contributed by atoms with Crippen LogP contribution in [0.1, 0.15) is 12.6 Å². The van der Waals surface area contributed by atoms with E-state index in [9.17, 15) is 0 Å². The molecule has 102 valence electrons. The largest absolute Gasteiger partial charge is 0.394 e. The monoisotopic (exact) mass is 267 g/mol. The van der Waals surface area contributed by atoms with Gasteiger partial charge in [-0.15, -0.1) is 0 Å². The molecule has 0 atom stereocenters. The zero-order valence-corrected chi connectivity index (χ0v) is 11.6. The molecule has 0 spiro atoms. The summed E-state index contributed by atoms with van der Waals surface area (Å²) in [6, 6.07) is 10.2. The minimum Gasteiger partial charge on any atom is -0.394 e. The minimum absolute atomic E-state index is 0.692. The van der Waals surface area contributed by atoms with Gasteiger partial charge in [-0.25, -0.2) is 9.36 Å². The highest BCUT2D eigenvalue weighted by molar-refractivity contribution is 5.63. The zero-order valence-electron chi connectivity index (χ0n) is 11.6. The standard InChI is InChI=1S/C15H17N5/c1-3-13-14(16)15(19(2)18-13)20-10-12(9-17-20)11-7-5-4-6-8-11/h4-10H,3,16H2,1-2H3. The smallest absolute Gasteiger partial charge is 0.175 e. The summed E-state index contributed by atoms with van der Waals surface area (Å²) < 4.78 is 3.56. The molecule has 0 saturated heterocycles. The van der Waals surface area contributed by atoms with Crippen molar-refractivity contribution in [1.29, 1.82) is 0 Å². The van der Waals surface area contributed by atoms with Crippen molar-refractivity contribution in [2.24, 2.45) is 7.05 Å². The summed E-state index contributed by atoms with van der Waals surface area (Å²) in [5.41, 5.74) is 9.94. The van der Waals surface area contributed by atoms with E-state index in [-0.39, 0.29) is 0 Å². The highest BCUT2D eigenvalue weighted by Gasteiger charge is 2.14. The minimum atomic E-state index is 0.692. The SMILES string of the molecule is CCc1nn(C)c(-n2cc(-c3ccccc3)cn2)c1N. The summed E-state index contributed by atoms with van der Waals surface area (Å²) in [7, 11) is 1.88. The molecule has 2 heterocycles. The molecule has 2 N–H and O–H groups in total. The third-order valence-corrected chi connectivity index (χ3v) is 3.37. The fourth-order valence-corrected chi connectivity index (χ4v) is 2.34. The van der Waals surface area contributed by atoms with Crippen LogP contribution in [-0.2, 0) is 13.5 Å². The molecule has 0 aliphatic rings. The van der Waals surface area contributed by atoms with Crippen molar-refractivity contribution >= 4 is 5.69 Å². The third kappa shape index (κ3) is 1.97. The first-order valence-electron chi connectivity index (χ1n) is 6.62. The number of hydrogen-bond donors (Lipinski definition) is 1. The predicted molar refractivity (Wildman–Crippen MR) is 79.6 cm³/mol. The van der Waals surface area contributed by atoms with Gasteiger partial charge in [-0.1, -0.05) is 37.3 Å². The van der Waals surface area contributed by atoms with Crippen LogP contribution in [0.25, 0.3) is 16.9 Å². The number of rotatable bonds is 3. The second-order valence-electron chi connectivity index (χ2n) is 4.70. The Bertz CT molecular complexity index is 724. The molecule has 5 nitrogen and oxygen atoms in total. The Hall–Kier alpha value is -2.56. The van der Waals surface area contributed by atoms with Crippen molar-refractivity contribution < 1.29 is 0 Å². The van der Waals surface area contributed by atoms with Crippen LogP contribution in [0.2, 0.25) is 0 Å². The van der Waals surface area contributed by atoms with E-state index < -0.39 is 0 Å². The van der Waals surface area contributed by atoms with E-state index in [4.69, 9.17) is 5.73 Å². The lowest BCUT2D eigenvalue weighted by atomic mass is 10.1. The summed E-state index contributed by atoms with van der Waals surface area (Å²) in [5.74, 6) is 0.809. The van der Waals surface area contributed by atoms with E-state index in [1.165, 1.54) is 0 Å². The molecular formula is C15H17N5.